The second kappa shape index (κ2) is 7.08. The number of nitrogens with one attached hydrogen (secondary N) is 2. The van der Waals surface area contributed by atoms with Gasteiger partial charge in [-0.1, -0.05) is 11.3 Å². The lowest BCUT2D eigenvalue weighted by Crippen LogP contribution is -2.55. The zero-order valence-corrected chi connectivity index (χ0v) is 14.9. The van der Waals surface area contributed by atoms with Gasteiger partial charge in [-0.25, -0.2) is 4.98 Å². The first-order valence-corrected chi connectivity index (χ1v) is 8.24. The van der Waals surface area contributed by atoms with E-state index in [9.17, 15) is 22.8 Å². The maximum absolute atomic E-state index is 12.4. The van der Waals surface area contributed by atoms with Crippen molar-refractivity contribution in [1.29, 1.82) is 0 Å². The molecular formula is C15H17F3N4O3S. The smallest absolute Gasteiger partial charge is 0.406 e. The maximum atomic E-state index is 12.4. The minimum atomic E-state index is -4.79. The van der Waals surface area contributed by atoms with Crippen LogP contribution in [0.2, 0.25) is 0 Å². The summed E-state index contributed by atoms with van der Waals surface area (Å²) in [5, 5.41) is 5.21. The number of hydrogen-bond acceptors (Lipinski definition) is 6. The van der Waals surface area contributed by atoms with E-state index in [1.165, 1.54) is 32.9 Å². The summed E-state index contributed by atoms with van der Waals surface area (Å²) in [6.45, 7) is 4.47. The van der Waals surface area contributed by atoms with Crippen LogP contribution in [0.4, 0.5) is 18.3 Å². The fourth-order valence-electron chi connectivity index (χ4n) is 1.89. The van der Waals surface area contributed by atoms with Crippen molar-refractivity contribution in [3.05, 3.63) is 18.2 Å². The highest BCUT2D eigenvalue weighted by molar-refractivity contribution is 7.22. The molecular weight excluding hydrogens is 373 g/mol. The van der Waals surface area contributed by atoms with Gasteiger partial charge in [-0.15, -0.1) is 13.2 Å². The van der Waals surface area contributed by atoms with Gasteiger partial charge in [-0.3, -0.25) is 14.9 Å². The molecule has 0 saturated carbocycles. The van der Waals surface area contributed by atoms with Gasteiger partial charge in [0.1, 0.15) is 11.3 Å². The standard InChI is InChI=1S/C15H17F3N4O3S/c1-7(19)11(23)22-14(2,3)12(24)21-13-20-9-5-4-8(6-10(9)26-13)25-15(16,17)18/h4-7H,19H2,1-3H3,(H,22,23)(H,20,21,24)/t7-/m0/s1. The van der Waals surface area contributed by atoms with Crippen LogP contribution in [0.25, 0.3) is 10.2 Å². The summed E-state index contributed by atoms with van der Waals surface area (Å²) in [5.74, 6) is -1.42. The molecule has 0 radical (unpaired) electrons. The van der Waals surface area contributed by atoms with Crippen molar-refractivity contribution >= 4 is 38.5 Å². The highest BCUT2D eigenvalue weighted by Crippen LogP contribution is 2.31. The third-order valence-electron chi connectivity index (χ3n) is 3.23. The molecule has 1 aromatic carbocycles. The van der Waals surface area contributed by atoms with Crippen molar-refractivity contribution in [1.82, 2.24) is 10.3 Å². The Hall–Kier alpha value is -2.40. The van der Waals surface area contributed by atoms with Crippen LogP contribution in [-0.4, -0.2) is 34.7 Å². The van der Waals surface area contributed by atoms with Crippen LogP contribution < -0.4 is 21.1 Å². The molecule has 1 aromatic heterocycles. The molecule has 4 N–H and O–H groups in total. The highest BCUT2D eigenvalue weighted by Gasteiger charge is 2.32. The summed E-state index contributed by atoms with van der Waals surface area (Å²) < 4.78 is 41.1. The molecule has 0 bridgehead atoms. The number of halogens is 3. The molecule has 2 rings (SSSR count). The van der Waals surface area contributed by atoms with Gasteiger partial charge in [0.2, 0.25) is 5.91 Å². The molecule has 0 unspecified atom stereocenters. The van der Waals surface area contributed by atoms with Gasteiger partial charge in [0.15, 0.2) is 5.13 Å². The van der Waals surface area contributed by atoms with Gasteiger partial charge in [-0.2, -0.15) is 0 Å². The van der Waals surface area contributed by atoms with Crippen LogP contribution in [0.1, 0.15) is 20.8 Å². The van der Waals surface area contributed by atoms with E-state index in [-0.39, 0.29) is 10.9 Å². The first-order chi connectivity index (χ1) is 11.9. The van der Waals surface area contributed by atoms with Gasteiger partial charge in [-0.05, 0) is 32.9 Å². The quantitative estimate of drug-likeness (QED) is 0.727. The predicted molar refractivity (Wildman–Crippen MR) is 90.8 cm³/mol. The summed E-state index contributed by atoms with van der Waals surface area (Å²) in [4.78, 5) is 28.2. The number of carbonyl (C=O) groups excluding carboxylic acids is 2. The zero-order valence-electron chi connectivity index (χ0n) is 14.1. The van der Waals surface area contributed by atoms with Crippen LogP contribution in [0.5, 0.6) is 5.75 Å². The summed E-state index contributed by atoms with van der Waals surface area (Å²) in [6, 6.07) is 2.88. The molecule has 0 spiro atoms. The first kappa shape index (κ1) is 19.9. The number of amides is 2. The lowest BCUT2D eigenvalue weighted by Gasteiger charge is -2.25. The number of hydrogen-bond donors (Lipinski definition) is 3. The Bertz CT molecular complexity index is 833. The number of thiazole rings is 1. The molecule has 0 fully saturated rings. The van der Waals surface area contributed by atoms with E-state index in [2.05, 4.69) is 20.4 Å². The number of rotatable bonds is 5. The third-order valence-corrected chi connectivity index (χ3v) is 4.16. The third kappa shape index (κ3) is 5.05. The zero-order chi connectivity index (χ0) is 19.7. The molecule has 2 aromatic rings. The van der Waals surface area contributed by atoms with E-state index in [1.54, 1.807) is 0 Å². The van der Waals surface area contributed by atoms with Gasteiger partial charge in [0, 0.05) is 6.07 Å². The highest BCUT2D eigenvalue weighted by atomic mass is 32.1. The van der Waals surface area contributed by atoms with Crippen LogP contribution in [-0.2, 0) is 9.59 Å². The lowest BCUT2D eigenvalue weighted by atomic mass is 10.0. The Morgan fingerprint density at radius 1 is 1.31 bits per heavy atom. The monoisotopic (exact) mass is 390 g/mol. The van der Waals surface area contributed by atoms with Gasteiger partial charge < -0.3 is 15.8 Å². The number of carbonyl (C=O) groups is 2. The average Bonchev–Trinajstić information content (AvgIpc) is 2.86. The van der Waals surface area contributed by atoms with Crippen LogP contribution >= 0.6 is 11.3 Å². The first-order valence-electron chi connectivity index (χ1n) is 7.43. The number of nitrogens with zero attached hydrogens (tertiary/aromatic N) is 1. The number of aromatic nitrogens is 1. The SMILES string of the molecule is C[C@H](N)C(=O)NC(C)(C)C(=O)Nc1nc2ccc(OC(F)(F)F)cc2s1. The van der Waals surface area contributed by atoms with Crippen molar-refractivity contribution in [2.75, 3.05) is 5.32 Å². The van der Waals surface area contributed by atoms with Gasteiger partial charge in [0.25, 0.3) is 5.91 Å². The Morgan fingerprint density at radius 3 is 2.54 bits per heavy atom. The molecule has 2 amide bonds. The lowest BCUT2D eigenvalue weighted by molar-refractivity contribution is -0.274. The number of benzene rings is 1. The molecule has 1 atom stereocenters. The Kier molecular flexibility index (Phi) is 5.42. The van der Waals surface area contributed by atoms with E-state index in [4.69, 9.17) is 5.73 Å². The maximum Gasteiger partial charge on any atom is 0.573 e. The molecule has 1 heterocycles. The normalized spacial score (nSPS) is 13.3. The van der Waals surface area contributed by atoms with E-state index in [0.29, 0.717) is 10.2 Å². The number of ether oxygens (including phenoxy) is 1. The molecule has 11 heteroatoms. The fraction of sp³-hybridized carbons (Fsp3) is 0.400. The van der Waals surface area contributed by atoms with Crippen molar-refractivity contribution in [2.24, 2.45) is 5.73 Å². The molecule has 0 aliphatic heterocycles. The van der Waals surface area contributed by atoms with E-state index in [0.717, 1.165) is 17.4 Å². The minimum Gasteiger partial charge on any atom is -0.406 e. The summed E-state index contributed by atoms with van der Waals surface area (Å²) in [6.07, 6.45) is -4.79. The number of nitrogens with two attached hydrogens (primary N) is 1. The van der Waals surface area contributed by atoms with Crippen molar-refractivity contribution in [3.8, 4) is 5.75 Å². The molecule has 142 valence electrons. The number of anilines is 1. The van der Waals surface area contributed by atoms with Crippen molar-refractivity contribution < 1.29 is 27.5 Å². The molecule has 0 aliphatic carbocycles. The molecule has 7 nitrogen and oxygen atoms in total. The Balaban J connectivity index is 2.15. The van der Waals surface area contributed by atoms with Crippen LogP contribution in [0, 0.1) is 0 Å². The van der Waals surface area contributed by atoms with E-state index in [1.807, 2.05) is 0 Å². The number of fused-ring (bicyclic) bond motifs is 1. The summed E-state index contributed by atoms with van der Waals surface area (Å²) in [7, 11) is 0. The second-order valence-electron chi connectivity index (χ2n) is 6.05. The van der Waals surface area contributed by atoms with E-state index >= 15 is 0 Å². The second-order valence-corrected chi connectivity index (χ2v) is 7.08. The predicted octanol–water partition coefficient (Wildman–Crippen LogP) is 2.38. The largest absolute Gasteiger partial charge is 0.573 e. The molecule has 0 aliphatic rings. The van der Waals surface area contributed by atoms with Crippen molar-refractivity contribution in [3.63, 3.8) is 0 Å². The Labute approximate surface area is 150 Å². The topological polar surface area (TPSA) is 106 Å². The Morgan fingerprint density at radius 2 is 1.96 bits per heavy atom. The van der Waals surface area contributed by atoms with E-state index < -0.39 is 29.8 Å². The van der Waals surface area contributed by atoms with Crippen LogP contribution in [0.3, 0.4) is 0 Å². The summed E-state index contributed by atoms with van der Waals surface area (Å²) >= 11 is 0.979. The fourth-order valence-corrected chi connectivity index (χ4v) is 2.78. The van der Waals surface area contributed by atoms with Crippen LogP contribution in [0.15, 0.2) is 18.2 Å². The molecule has 26 heavy (non-hydrogen) atoms. The number of alkyl halides is 3. The van der Waals surface area contributed by atoms with Gasteiger partial charge in [0.05, 0.1) is 16.3 Å². The average molecular weight is 390 g/mol. The molecule has 0 saturated heterocycles. The van der Waals surface area contributed by atoms with Gasteiger partial charge >= 0.3 is 6.36 Å². The summed E-state index contributed by atoms with van der Waals surface area (Å²) in [5.41, 5.74) is 4.60. The van der Waals surface area contributed by atoms with Crippen molar-refractivity contribution in [2.45, 2.75) is 38.7 Å². The minimum absolute atomic E-state index is 0.178.